The summed E-state index contributed by atoms with van der Waals surface area (Å²) in [6, 6.07) is 19.3. The van der Waals surface area contributed by atoms with E-state index in [1.807, 2.05) is 6.07 Å². The Bertz CT molecular complexity index is 716. The van der Waals surface area contributed by atoms with Crippen LogP contribution in [0.3, 0.4) is 0 Å². The number of hydrogen-bond acceptors (Lipinski definition) is 2. The Balaban J connectivity index is 1.67. The summed E-state index contributed by atoms with van der Waals surface area (Å²) in [4.78, 5) is 15.4. The zero-order chi connectivity index (χ0) is 15.8. The largest absolute Gasteiger partial charge is 0.465 e. The minimum atomic E-state index is -0.803. The van der Waals surface area contributed by atoms with Crippen LogP contribution in [0.5, 0.6) is 0 Å². The van der Waals surface area contributed by atoms with E-state index in [0.717, 1.165) is 13.0 Å². The lowest BCUT2D eigenvalue weighted by molar-refractivity contribution is 0.127. The van der Waals surface area contributed by atoms with E-state index in [4.69, 9.17) is 0 Å². The van der Waals surface area contributed by atoms with Gasteiger partial charge in [-0.2, -0.15) is 0 Å². The predicted octanol–water partition coefficient (Wildman–Crippen LogP) is 3.54. The molecule has 2 aliphatic heterocycles. The van der Waals surface area contributed by atoms with E-state index < -0.39 is 6.09 Å². The molecule has 0 bridgehead atoms. The third-order valence-electron chi connectivity index (χ3n) is 5.09. The summed E-state index contributed by atoms with van der Waals surface area (Å²) in [5.74, 6) is 0.278. The van der Waals surface area contributed by atoms with Crippen molar-refractivity contribution in [2.75, 3.05) is 18.0 Å². The number of nitrogens with zero attached hydrogens (tertiary/aromatic N) is 2. The van der Waals surface area contributed by atoms with Crippen molar-refractivity contribution in [2.24, 2.45) is 0 Å². The summed E-state index contributed by atoms with van der Waals surface area (Å²) in [6.07, 6.45) is 0.0841. The molecule has 4 rings (SSSR count). The van der Waals surface area contributed by atoms with Gasteiger partial charge in [-0.15, -0.1) is 0 Å². The molecule has 118 valence electrons. The molecule has 2 aromatic carbocycles. The van der Waals surface area contributed by atoms with E-state index in [1.165, 1.54) is 16.8 Å². The van der Waals surface area contributed by atoms with Crippen molar-refractivity contribution in [1.29, 1.82) is 0 Å². The molecule has 1 amide bonds. The summed E-state index contributed by atoms with van der Waals surface area (Å²) in [7, 11) is 0. The lowest BCUT2D eigenvalue weighted by Crippen LogP contribution is -2.47. The van der Waals surface area contributed by atoms with Gasteiger partial charge in [0.15, 0.2) is 0 Å². The van der Waals surface area contributed by atoms with Crippen molar-refractivity contribution in [2.45, 2.75) is 24.9 Å². The average molecular weight is 308 g/mol. The number of carboxylic acid groups (broad SMARTS) is 1. The third kappa shape index (κ3) is 2.44. The van der Waals surface area contributed by atoms with Gasteiger partial charge in [0.25, 0.3) is 0 Å². The van der Waals surface area contributed by atoms with E-state index in [-0.39, 0.29) is 5.92 Å². The number of likely N-dealkylation sites (tertiary alicyclic amines) is 1. The van der Waals surface area contributed by atoms with Gasteiger partial charge in [0.2, 0.25) is 0 Å². The fourth-order valence-electron chi connectivity index (χ4n) is 4.02. The molecule has 2 heterocycles. The Morgan fingerprint density at radius 1 is 1.09 bits per heavy atom. The average Bonchev–Trinajstić information content (AvgIpc) is 2.90. The molecule has 2 unspecified atom stereocenters. The molecule has 0 radical (unpaired) electrons. The topological polar surface area (TPSA) is 43.8 Å². The third-order valence-corrected chi connectivity index (χ3v) is 5.09. The molecule has 2 aliphatic rings. The zero-order valence-corrected chi connectivity index (χ0v) is 12.9. The van der Waals surface area contributed by atoms with Gasteiger partial charge in [-0.25, -0.2) is 4.79 Å². The van der Waals surface area contributed by atoms with Gasteiger partial charge in [0.1, 0.15) is 0 Å². The van der Waals surface area contributed by atoms with Gasteiger partial charge < -0.3 is 14.9 Å². The van der Waals surface area contributed by atoms with Crippen molar-refractivity contribution >= 4 is 11.8 Å². The normalized spacial score (nSPS) is 22.6. The Hall–Kier alpha value is -2.49. The highest BCUT2D eigenvalue weighted by Gasteiger charge is 2.42. The van der Waals surface area contributed by atoms with Gasteiger partial charge >= 0.3 is 6.09 Å². The summed E-state index contributed by atoms with van der Waals surface area (Å²) in [5.41, 5.74) is 3.85. The van der Waals surface area contributed by atoms with Crippen LogP contribution in [0, 0.1) is 0 Å². The van der Waals surface area contributed by atoms with Crippen molar-refractivity contribution < 1.29 is 9.90 Å². The smallest absolute Gasteiger partial charge is 0.407 e. The Morgan fingerprint density at radius 2 is 1.83 bits per heavy atom. The van der Waals surface area contributed by atoms with Crippen LogP contribution in [0.15, 0.2) is 54.6 Å². The van der Waals surface area contributed by atoms with E-state index >= 15 is 0 Å². The zero-order valence-electron chi connectivity index (χ0n) is 12.9. The number of rotatable bonds is 2. The van der Waals surface area contributed by atoms with Gasteiger partial charge in [-0.05, 0) is 23.6 Å². The van der Waals surface area contributed by atoms with Crippen LogP contribution in [-0.2, 0) is 6.54 Å². The molecule has 0 aromatic heterocycles. The molecule has 4 nitrogen and oxygen atoms in total. The number of para-hydroxylation sites is 1. The highest BCUT2D eigenvalue weighted by Crippen LogP contribution is 2.45. The summed E-state index contributed by atoms with van der Waals surface area (Å²) < 4.78 is 0. The molecule has 0 aliphatic carbocycles. The number of anilines is 1. The van der Waals surface area contributed by atoms with Crippen LogP contribution in [-0.4, -0.2) is 35.2 Å². The van der Waals surface area contributed by atoms with Crippen molar-refractivity contribution in [3.63, 3.8) is 0 Å². The second-order valence-electron chi connectivity index (χ2n) is 6.36. The molecule has 0 saturated carbocycles. The second kappa shape index (κ2) is 5.61. The first-order valence-electron chi connectivity index (χ1n) is 8.11. The summed E-state index contributed by atoms with van der Waals surface area (Å²) >= 11 is 0. The molecule has 23 heavy (non-hydrogen) atoms. The van der Waals surface area contributed by atoms with Crippen LogP contribution in [0.25, 0.3) is 0 Å². The predicted molar refractivity (Wildman–Crippen MR) is 89.8 cm³/mol. The SMILES string of the molecule is O=C(O)N1CCC2C(C1)c1ccccc1N2Cc1ccccc1. The highest BCUT2D eigenvalue weighted by atomic mass is 16.4. The van der Waals surface area contributed by atoms with Crippen LogP contribution in [0.1, 0.15) is 23.5 Å². The van der Waals surface area contributed by atoms with E-state index in [1.54, 1.807) is 4.90 Å². The quantitative estimate of drug-likeness (QED) is 0.923. The van der Waals surface area contributed by atoms with Crippen LogP contribution >= 0.6 is 0 Å². The van der Waals surface area contributed by atoms with Crippen LogP contribution in [0.4, 0.5) is 10.5 Å². The first-order chi connectivity index (χ1) is 11.2. The van der Waals surface area contributed by atoms with E-state index in [0.29, 0.717) is 19.1 Å². The summed E-state index contributed by atoms with van der Waals surface area (Å²) in [6.45, 7) is 2.10. The molecule has 0 spiro atoms. The number of hydrogen-bond donors (Lipinski definition) is 1. The van der Waals surface area contributed by atoms with Gasteiger partial charge in [-0.1, -0.05) is 48.5 Å². The lowest BCUT2D eigenvalue weighted by atomic mass is 9.89. The minimum Gasteiger partial charge on any atom is -0.465 e. The fraction of sp³-hybridized carbons (Fsp3) is 0.316. The molecule has 1 saturated heterocycles. The maximum atomic E-state index is 11.3. The van der Waals surface area contributed by atoms with Crippen LogP contribution in [0.2, 0.25) is 0 Å². The van der Waals surface area contributed by atoms with Crippen LogP contribution < -0.4 is 4.90 Å². The molecule has 1 N–H and O–H groups in total. The molecular formula is C19H20N2O2. The highest BCUT2D eigenvalue weighted by molar-refractivity contribution is 5.67. The molecule has 2 aromatic rings. The fourth-order valence-corrected chi connectivity index (χ4v) is 4.02. The van der Waals surface area contributed by atoms with Gasteiger partial charge in [0, 0.05) is 37.3 Å². The number of piperidine rings is 1. The number of amides is 1. The van der Waals surface area contributed by atoms with E-state index in [2.05, 4.69) is 53.4 Å². The monoisotopic (exact) mass is 308 g/mol. The van der Waals surface area contributed by atoms with Crippen molar-refractivity contribution in [1.82, 2.24) is 4.90 Å². The first-order valence-corrected chi connectivity index (χ1v) is 8.11. The Kier molecular flexibility index (Phi) is 3.45. The molecule has 4 heteroatoms. The van der Waals surface area contributed by atoms with Gasteiger partial charge in [-0.3, -0.25) is 0 Å². The number of fused-ring (bicyclic) bond motifs is 3. The van der Waals surface area contributed by atoms with Crippen molar-refractivity contribution in [3.8, 4) is 0 Å². The summed E-state index contributed by atoms with van der Waals surface area (Å²) in [5, 5.41) is 9.32. The standard InChI is InChI=1S/C19H20N2O2/c22-19(23)20-11-10-18-16(13-20)15-8-4-5-9-17(15)21(18)12-14-6-2-1-3-7-14/h1-9,16,18H,10-13H2,(H,22,23). The molecular weight excluding hydrogens is 288 g/mol. The molecule has 1 fully saturated rings. The van der Waals surface area contributed by atoms with Crippen molar-refractivity contribution in [3.05, 3.63) is 65.7 Å². The Morgan fingerprint density at radius 3 is 2.61 bits per heavy atom. The van der Waals surface area contributed by atoms with Gasteiger partial charge in [0.05, 0.1) is 0 Å². The Labute approximate surface area is 136 Å². The minimum absolute atomic E-state index is 0.278. The molecule has 2 atom stereocenters. The second-order valence-corrected chi connectivity index (χ2v) is 6.36. The maximum absolute atomic E-state index is 11.3. The van der Waals surface area contributed by atoms with E-state index in [9.17, 15) is 9.90 Å². The lowest BCUT2D eigenvalue weighted by Gasteiger charge is -2.38. The first kappa shape index (κ1) is 14.1. The maximum Gasteiger partial charge on any atom is 0.407 e. The number of benzene rings is 2. The number of carbonyl (C=O) groups is 1.